The molecule has 0 saturated carbocycles. The first kappa shape index (κ1) is 11.6. The van der Waals surface area contributed by atoms with Crippen LogP contribution in [0, 0.1) is 0 Å². The largest absolute Gasteiger partial charge is 0.298 e. The first-order chi connectivity index (χ1) is 6.76. The number of thioether (sulfide) groups is 1. The Labute approximate surface area is 97.1 Å². The Morgan fingerprint density at radius 3 is 2.93 bits per heavy atom. The Morgan fingerprint density at radius 2 is 2.29 bits per heavy atom. The van der Waals surface area contributed by atoms with E-state index in [1.807, 2.05) is 18.2 Å². The van der Waals surface area contributed by atoms with Gasteiger partial charge in [-0.2, -0.15) is 0 Å². The lowest BCUT2D eigenvalue weighted by molar-refractivity contribution is 0.112. The molecule has 0 fully saturated rings. The van der Waals surface area contributed by atoms with Crippen molar-refractivity contribution in [1.29, 1.82) is 0 Å². The molecule has 0 aromatic heterocycles. The van der Waals surface area contributed by atoms with Crippen molar-refractivity contribution in [3.8, 4) is 0 Å². The number of aldehydes is 1. The Balaban J connectivity index is 2.63. The molecule has 0 radical (unpaired) electrons. The summed E-state index contributed by atoms with van der Waals surface area (Å²) in [4.78, 5) is 11.5. The van der Waals surface area contributed by atoms with Gasteiger partial charge in [0.2, 0.25) is 0 Å². The lowest BCUT2D eigenvalue weighted by Crippen LogP contribution is -1.82. The summed E-state index contributed by atoms with van der Waals surface area (Å²) < 4.78 is 0. The van der Waals surface area contributed by atoms with Crippen LogP contribution in [0.25, 0.3) is 0 Å². The number of rotatable bonds is 4. The van der Waals surface area contributed by atoms with E-state index in [1.54, 1.807) is 6.07 Å². The van der Waals surface area contributed by atoms with Gasteiger partial charge in [-0.15, -0.1) is 11.8 Å². The van der Waals surface area contributed by atoms with E-state index in [-0.39, 0.29) is 0 Å². The summed E-state index contributed by atoms with van der Waals surface area (Å²) in [6.07, 6.45) is 0.822. The van der Waals surface area contributed by atoms with E-state index in [2.05, 4.69) is 0 Å². The van der Waals surface area contributed by atoms with Gasteiger partial charge in [0.05, 0.1) is 0 Å². The fourth-order valence-corrected chi connectivity index (χ4v) is 1.98. The van der Waals surface area contributed by atoms with Crippen LogP contribution in [0.4, 0.5) is 0 Å². The second kappa shape index (κ2) is 6.12. The van der Waals surface area contributed by atoms with Gasteiger partial charge in [0.25, 0.3) is 0 Å². The van der Waals surface area contributed by atoms with Crippen LogP contribution in [-0.2, 0) is 0 Å². The first-order valence-electron chi connectivity index (χ1n) is 3.89. The monoisotopic (exact) mass is 246 g/mol. The van der Waals surface area contributed by atoms with Crippen molar-refractivity contribution in [1.82, 2.24) is 0 Å². The molecule has 0 unspecified atom stereocenters. The maximum Gasteiger partial charge on any atom is 0.150 e. The van der Waals surface area contributed by atoms with Gasteiger partial charge in [0.15, 0.2) is 0 Å². The van der Waals surface area contributed by atoms with Crippen molar-refractivity contribution in [2.75, 3.05) is 5.75 Å². The third-order valence-corrected chi connectivity index (χ3v) is 3.31. The summed E-state index contributed by atoms with van der Waals surface area (Å²) in [5.41, 5.74) is 2.01. The normalized spacial score (nSPS) is 11.4. The summed E-state index contributed by atoms with van der Waals surface area (Å²) in [6, 6.07) is 7.34. The predicted octanol–water partition coefficient (Wildman–Crippen LogP) is 3.91. The maximum atomic E-state index is 10.5. The fourth-order valence-electron chi connectivity index (χ4n) is 0.861. The van der Waals surface area contributed by atoms with Crippen LogP contribution in [0.3, 0.4) is 0 Å². The number of carbonyl (C=O) groups is 1. The fraction of sp³-hybridized carbons (Fsp3) is 0.100. The first-order valence-corrected chi connectivity index (χ1v) is 5.69. The third-order valence-electron chi connectivity index (χ3n) is 1.49. The molecule has 0 bridgehead atoms. The molecular weight excluding hydrogens is 239 g/mol. The molecule has 0 atom stereocenters. The zero-order chi connectivity index (χ0) is 10.4. The average molecular weight is 247 g/mol. The van der Waals surface area contributed by atoms with Gasteiger partial charge in [0, 0.05) is 26.8 Å². The Morgan fingerprint density at radius 1 is 1.50 bits per heavy atom. The van der Waals surface area contributed by atoms with Gasteiger partial charge in [-0.05, 0) is 12.1 Å². The van der Waals surface area contributed by atoms with Crippen molar-refractivity contribution in [2.45, 2.75) is 4.90 Å². The van der Waals surface area contributed by atoms with Crippen LogP contribution in [-0.4, -0.2) is 12.0 Å². The molecule has 1 aromatic rings. The highest BCUT2D eigenvalue weighted by Crippen LogP contribution is 2.22. The minimum Gasteiger partial charge on any atom is -0.298 e. The molecule has 0 saturated heterocycles. The van der Waals surface area contributed by atoms with Gasteiger partial charge in [0.1, 0.15) is 6.29 Å². The maximum absolute atomic E-state index is 10.5. The predicted molar refractivity (Wildman–Crippen MR) is 62.3 cm³/mol. The van der Waals surface area contributed by atoms with Gasteiger partial charge in [-0.3, -0.25) is 4.79 Å². The number of hydrogen-bond donors (Lipinski definition) is 0. The molecule has 74 valence electrons. The molecule has 0 heterocycles. The Hall–Kier alpha value is -0.440. The molecule has 0 aliphatic rings. The molecule has 1 aromatic carbocycles. The third kappa shape index (κ3) is 3.74. The van der Waals surface area contributed by atoms with Gasteiger partial charge < -0.3 is 0 Å². The highest BCUT2D eigenvalue weighted by Gasteiger charge is 1.97. The summed E-state index contributed by atoms with van der Waals surface area (Å²) in [6.45, 7) is 0. The number of benzene rings is 1. The summed E-state index contributed by atoms with van der Waals surface area (Å²) >= 11 is 12.7. The van der Waals surface area contributed by atoms with E-state index >= 15 is 0 Å². The molecule has 1 rings (SSSR count). The van der Waals surface area contributed by atoms with Crippen LogP contribution in [0.5, 0.6) is 0 Å². The molecular formula is C10H8Cl2OS. The minimum atomic E-state index is 0.591. The summed E-state index contributed by atoms with van der Waals surface area (Å²) in [5, 5.41) is 0.591. The van der Waals surface area contributed by atoms with Crippen LogP contribution < -0.4 is 0 Å². The number of halogens is 2. The van der Waals surface area contributed by atoms with Crippen molar-refractivity contribution in [2.24, 2.45) is 0 Å². The van der Waals surface area contributed by atoms with Crippen molar-refractivity contribution in [3.63, 3.8) is 0 Å². The molecule has 14 heavy (non-hydrogen) atoms. The van der Waals surface area contributed by atoms with Crippen LogP contribution >= 0.6 is 35.0 Å². The van der Waals surface area contributed by atoms with Crippen molar-refractivity contribution < 1.29 is 4.79 Å². The summed E-state index contributed by atoms with van der Waals surface area (Å²) in [7, 11) is 0. The molecule has 0 N–H and O–H groups in total. The number of carbonyl (C=O) groups excluding carboxylic acids is 1. The van der Waals surface area contributed by atoms with Crippen LogP contribution in [0.1, 0.15) is 10.4 Å². The second-order valence-electron chi connectivity index (χ2n) is 2.53. The molecule has 4 heteroatoms. The van der Waals surface area contributed by atoms with Crippen molar-refractivity contribution in [3.05, 3.63) is 40.4 Å². The van der Waals surface area contributed by atoms with Gasteiger partial charge >= 0.3 is 0 Å². The van der Waals surface area contributed by atoms with E-state index in [4.69, 9.17) is 23.2 Å². The smallest absolute Gasteiger partial charge is 0.150 e. The van der Waals surface area contributed by atoms with Crippen molar-refractivity contribution >= 4 is 41.2 Å². The molecule has 0 spiro atoms. The highest BCUT2D eigenvalue weighted by molar-refractivity contribution is 7.99. The number of hydrogen-bond acceptors (Lipinski definition) is 2. The summed E-state index contributed by atoms with van der Waals surface area (Å²) in [5.74, 6) is 0.618. The SMILES string of the molecule is O=Cc1cccc(SCC(Cl)=CCl)c1. The lowest BCUT2D eigenvalue weighted by atomic mass is 10.2. The molecule has 0 aliphatic carbocycles. The second-order valence-corrected chi connectivity index (χ2v) is 4.29. The zero-order valence-electron chi connectivity index (χ0n) is 7.24. The molecule has 0 aliphatic heterocycles. The Kier molecular flexibility index (Phi) is 5.09. The zero-order valence-corrected chi connectivity index (χ0v) is 9.57. The quantitative estimate of drug-likeness (QED) is 0.592. The Bertz CT molecular complexity index is 350. The molecule has 1 nitrogen and oxygen atoms in total. The van der Waals surface area contributed by atoms with E-state index in [0.29, 0.717) is 16.3 Å². The van der Waals surface area contributed by atoms with Gasteiger partial charge in [-0.25, -0.2) is 0 Å². The van der Waals surface area contributed by atoms with E-state index < -0.39 is 0 Å². The van der Waals surface area contributed by atoms with E-state index in [1.165, 1.54) is 17.3 Å². The lowest BCUT2D eigenvalue weighted by Gasteiger charge is -2.00. The topological polar surface area (TPSA) is 17.1 Å². The van der Waals surface area contributed by atoms with Crippen LogP contribution in [0.2, 0.25) is 0 Å². The average Bonchev–Trinajstić information content (AvgIpc) is 2.26. The molecule has 0 amide bonds. The standard InChI is InChI=1S/C10H8Cl2OS/c11-5-9(12)7-14-10-3-1-2-8(4-10)6-13/h1-6H,7H2. The van der Waals surface area contributed by atoms with Gasteiger partial charge in [-0.1, -0.05) is 35.3 Å². The van der Waals surface area contributed by atoms with Crippen LogP contribution in [0.15, 0.2) is 39.7 Å². The van der Waals surface area contributed by atoms with E-state index in [9.17, 15) is 4.79 Å². The minimum absolute atomic E-state index is 0.591. The highest BCUT2D eigenvalue weighted by atomic mass is 35.5. The van der Waals surface area contributed by atoms with E-state index in [0.717, 1.165) is 11.2 Å².